The molecule has 0 saturated carbocycles. The molecule has 0 saturated heterocycles. The highest BCUT2D eigenvalue weighted by Gasteiger charge is 2.17. The Morgan fingerprint density at radius 3 is 1.12 bits per heavy atom. The standard InChI is InChI=1S/C54H35NO2/c1-3-11-36(12-4-1)41-31-42(37-13-5-2-6-14-37)33-43(32-41)39-21-26-45(27-22-39)55(46-28-30-54-50(35-46)48-16-8-10-18-52(48)57-54)44-24-19-38(20-25-44)40-23-29-53-49(34-40)47-15-7-9-17-51(47)56-53/h1-35H. The van der Waals surface area contributed by atoms with Crippen LogP contribution in [0.2, 0.25) is 0 Å². The molecule has 0 bridgehead atoms. The van der Waals surface area contributed by atoms with Crippen molar-refractivity contribution in [3.05, 3.63) is 212 Å². The normalized spacial score (nSPS) is 11.5. The maximum absolute atomic E-state index is 6.24. The molecule has 0 amide bonds. The molecular formula is C54H35NO2. The average Bonchev–Trinajstić information content (AvgIpc) is 3.85. The van der Waals surface area contributed by atoms with Crippen molar-refractivity contribution in [3.63, 3.8) is 0 Å². The topological polar surface area (TPSA) is 29.5 Å². The Morgan fingerprint density at radius 1 is 0.228 bits per heavy atom. The number of anilines is 3. The minimum atomic E-state index is 0.875. The number of hydrogen-bond acceptors (Lipinski definition) is 3. The van der Waals surface area contributed by atoms with Crippen LogP contribution in [0.25, 0.3) is 88.4 Å². The lowest BCUT2D eigenvalue weighted by Gasteiger charge is -2.26. The van der Waals surface area contributed by atoms with Gasteiger partial charge in [0.05, 0.1) is 0 Å². The summed E-state index contributed by atoms with van der Waals surface area (Å²) in [5, 5.41) is 4.45. The Balaban J connectivity index is 1.01. The van der Waals surface area contributed by atoms with Crippen molar-refractivity contribution >= 4 is 60.9 Å². The van der Waals surface area contributed by atoms with Crippen LogP contribution in [-0.2, 0) is 0 Å². The number of benzene rings is 9. The van der Waals surface area contributed by atoms with Crippen molar-refractivity contribution in [2.45, 2.75) is 0 Å². The molecule has 0 aliphatic heterocycles. The summed E-state index contributed by atoms with van der Waals surface area (Å²) in [6.07, 6.45) is 0. The molecule has 57 heavy (non-hydrogen) atoms. The lowest BCUT2D eigenvalue weighted by atomic mass is 9.93. The molecule has 0 radical (unpaired) electrons. The molecule has 0 aliphatic carbocycles. The van der Waals surface area contributed by atoms with E-state index in [1.807, 2.05) is 24.3 Å². The van der Waals surface area contributed by atoms with Gasteiger partial charge in [-0.3, -0.25) is 0 Å². The molecule has 268 valence electrons. The Kier molecular flexibility index (Phi) is 7.82. The van der Waals surface area contributed by atoms with Crippen LogP contribution in [0.3, 0.4) is 0 Å². The summed E-state index contributed by atoms with van der Waals surface area (Å²) in [5.74, 6) is 0. The third-order valence-electron chi connectivity index (χ3n) is 11.1. The molecule has 0 unspecified atom stereocenters. The minimum Gasteiger partial charge on any atom is -0.456 e. The van der Waals surface area contributed by atoms with Crippen LogP contribution < -0.4 is 4.90 Å². The number of nitrogens with zero attached hydrogens (tertiary/aromatic N) is 1. The summed E-state index contributed by atoms with van der Waals surface area (Å²) >= 11 is 0. The van der Waals surface area contributed by atoms with Crippen molar-refractivity contribution in [3.8, 4) is 44.5 Å². The zero-order chi connectivity index (χ0) is 37.7. The Labute approximate surface area is 330 Å². The second kappa shape index (κ2) is 13.6. The van der Waals surface area contributed by atoms with Gasteiger partial charge >= 0.3 is 0 Å². The molecule has 11 aromatic rings. The van der Waals surface area contributed by atoms with E-state index < -0.39 is 0 Å². The SMILES string of the molecule is c1ccc(-c2cc(-c3ccccc3)cc(-c3ccc(N(c4ccc(-c5ccc6oc7ccccc7c6c5)cc4)c4ccc5oc6ccccc6c5c4)cc3)c2)cc1. The first-order valence-electron chi connectivity index (χ1n) is 19.3. The van der Waals surface area contributed by atoms with Crippen LogP contribution in [-0.4, -0.2) is 0 Å². The molecule has 11 rings (SSSR count). The van der Waals surface area contributed by atoms with Gasteiger partial charge in [0.25, 0.3) is 0 Å². The monoisotopic (exact) mass is 729 g/mol. The predicted molar refractivity (Wildman–Crippen MR) is 237 cm³/mol. The van der Waals surface area contributed by atoms with Gasteiger partial charge in [0.1, 0.15) is 22.3 Å². The van der Waals surface area contributed by atoms with Gasteiger partial charge < -0.3 is 13.7 Å². The van der Waals surface area contributed by atoms with Crippen LogP contribution in [0.4, 0.5) is 17.1 Å². The van der Waals surface area contributed by atoms with Gasteiger partial charge in [-0.25, -0.2) is 0 Å². The quantitative estimate of drug-likeness (QED) is 0.164. The van der Waals surface area contributed by atoms with Gasteiger partial charge in [-0.2, -0.15) is 0 Å². The summed E-state index contributed by atoms with van der Waals surface area (Å²) in [4.78, 5) is 2.33. The second-order valence-electron chi connectivity index (χ2n) is 14.5. The van der Waals surface area contributed by atoms with Crippen LogP contribution >= 0.6 is 0 Å². The molecule has 0 fully saturated rings. The molecule has 2 heterocycles. The van der Waals surface area contributed by atoms with Gasteiger partial charge in [-0.05, 0) is 129 Å². The van der Waals surface area contributed by atoms with Crippen molar-refractivity contribution in [2.75, 3.05) is 4.90 Å². The molecule has 0 aliphatic rings. The van der Waals surface area contributed by atoms with Gasteiger partial charge in [-0.15, -0.1) is 0 Å². The number of hydrogen-bond donors (Lipinski definition) is 0. The number of para-hydroxylation sites is 2. The fourth-order valence-corrected chi connectivity index (χ4v) is 8.20. The fourth-order valence-electron chi connectivity index (χ4n) is 8.20. The van der Waals surface area contributed by atoms with E-state index in [1.165, 1.54) is 27.8 Å². The van der Waals surface area contributed by atoms with Crippen molar-refractivity contribution < 1.29 is 8.83 Å². The molecular weight excluding hydrogens is 695 g/mol. The highest BCUT2D eigenvalue weighted by molar-refractivity contribution is 6.07. The highest BCUT2D eigenvalue weighted by atomic mass is 16.3. The van der Waals surface area contributed by atoms with E-state index in [0.29, 0.717) is 0 Å². The Bertz CT molecular complexity index is 3150. The predicted octanol–water partition coefficient (Wildman–Crippen LogP) is 15.6. The van der Waals surface area contributed by atoms with Crippen molar-refractivity contribution in [2.24, 2.45) is 0 Å². The molecule has 0 spiro atoms. The number of fused-ring (bicyclic) bond motifs is 6. The maximum atomic E-state index is 6.24. The lowest BCUT2D eigenvalue weighted by molar-refractivity contribution is 0.668. The first-order chi connectivity index (χ1) is 28.2. The largest absolute Gasteiger partial charge is 0.456 e. The highest BCUT2D eigenvalue weighted by Crippen LogP contribution is 2.41. The van der Waals surface area contributed by atoms with E-state index in [9.17, 15) is 0 Å². The molecule has 0 atom stereocenters. The van der Waals surface area contributed by atoms with E-state index >= 15 is 0 Å². The Morgan fingerprint density at radius 2 is 0.596 bits per heavy atom. The lowest BCUT2D eigenvalue weighted by Crippen LogP contribution is -2.09. The van der Waals surface area contributed by atoms with Crippen LogP contribution in [0.5, 0.6) is 0 Å². The summed E-state index contributed by atoms with van der Waals surface area (Å²) in [5.41, 5.74) is 16.1. The van der Waals surface area contributed by atoms with E-state index in [-0.39, 0.29) is 0 Å². The minimum absolute atomic E-state index is 0.875. The zero-order valence-electron chi connectivity index (χ0n) is 31.0. The Hall–Kier alpha value is -7.62. The number of rotatable bonds is 7. The van der Waals surface area contributed by atoms with E-state index in [1.54, 1.807) is 0 Å². The molecule has 9 aromatic carbocycles. The van der Waals surface area contributed by atoms with Crippen LogP contribution in [0, 0.1) is 0 Å². The first-order valence-corrected chi connectivity index (χ1v) is 19.3. The summed E-state index contributed by atoms with van der Waals surface area (Å²) < 4.78 is 12.4. The third-order valence-corrected chi connectivity index (χ3v) is 11.1. The zero-order valence-corrected chi connectivity index (χ0v) is 31.0. The van der Waals surface area contributed by atoms with Crippen molar-refractivity contribution in [1.29, 1.82) is 0 Å². The average molecular weight is 730 g/mol. The van der Waals surface area contributed by atoms with Gasteiger partial charge in [0.15, 0.2) is 0 Å². The summed E-state index contributed by atoms with van der Waals surface area (Å²) in [7, 11) is 0. The van der Waals surface area contributed by atoms with Crippen LogP contribution in [0.1, 0.15) is 0 Å². The molecule has 0 N–H and O–H groups in total. The summed E-state index contributed by atoms with van der Waals surface area (Å²) in [6.45, 7) is 0. The molecule has 3 heteroatoms. The number of furan rings is 2. The van der Waals surface area contributed by atoms with Gasteiger partial charge in [0, 0.05) is 38.6 Å². The van der Waals surface area contributed by atoms with Crippen LogP contribution in [0.15, 0.2) is 221 Å². The maximum Gasteiger partial charge on any atom is 0.135 e. The molecule has 2 aromatic heterocycles. The smallest absolute Gasteiger partial charge is 0.135 e. The van der Waals surface area contributed by atoms with E-state index in [2.05, 4.69) is 193 Å². The first kappa shape index (κ1) is 32.8. The third kappa shape index (κ3) is 5.94. The second-order valence-corrected chi connectivity index (χ2v) is 14.5. The van der Waals surface area contributed by atoms with Gasteiger partial charge in [-0.1, -0.05) is 127 Å². The summed E-state index contributed by atoms with van der Waals surface area (Å²) in [6, 6.07) is 75.4. The van der Waals surface area contributed by atoms with E-state index in [4.69, 9.17) is 8.83 Å². The fraction of sp³-hybridized carbons (Fsp3) is 0. The molecule has 3 nitrogen and oxygen atoms in total. The van der Waals surface area contributed by atoms with Gasteiger partial charge in [0.2, 0.25) is 0 Å². The van der Waals surface area contributed by atoms with E-state index in [0.717, 1.165) is 77.6 Å². The van der Waals surface area contributed by atoms with Crippen molar-refractivity contribution in [1.82, 2.24) is 0 Å².